The number of hydrogen-bond acceptors (Lipinski definition) is 3. The summed E-state index contributed by atoms with van der Waals surface area (Å²) in [6.07, 6.45) is 1.29. The van der Waals surface area contributed by atoms with Crippen LogP contribution in [0.4, 0.5) is 10.2 Å². The molecule has 4 nitrogen and oxygen atoms in total. The Labute approximate surface area is 123 Å². The summed E-state index contributed by atoms with van der Waals surface area (Å²) in [5.41, 5.74) is 7.80. The number of nitrogens with zero attached hydrogens (tertiary/aromatic N) is 1. The van der Waals surface area contributed by atoms with Gasteiger partial charge in [0.25, 0.3) is 5.91 Å². The van der Waals surface area contributed by atoms with E-state index in [1.807, 2.05) is 13.0 Å². The minimum Gasteiger partial charge on any atom is -0.384 e. The van der Waals surface area contributed by atoms with Crippen LogP contribution in [0.5, 0.6) is 0 Å². The highest BCUT2D eigenvalue weighted by Gasteiger charge is 2.08. The van der Waals surface area contributed by atoms with Gasteiger partial charge in [0, 0.05) is 17.8 Å². The van der Waals surface area contributed by atoms with Gasteiger partial charge in [0.05, 0.1) is 0 Å². The second kappa shape index (κ2) is 6.83. The Morgan fingerprint density at radius 3 is 2.86 bits per heavy atom. The number of benzene rings is 1. The maximum Gasteiger partial charge on any atom is 0.251 e. The summed E-state index contributed by atoms with van der Waals surface area (Å²) in [5, 5.41) is 2.80. The lowest BCUT2D eigenvalue weighted by atomic mass is 10.1. The molecule has 21 heavy (non-hydrogen) atoms. The van der Waals surface area contributed by atoms with Crippen LogP contribution in [0.3, 0.4) is 0 Å². The molecule has 2 rings (SSSR count). The number of nitrogens with one attached hydrogen (secondary N) is 1. The number of rotatable bonds is 5. The van der Waals surface area contributed by atoms with Crippen molar-refractivity contribution in [2.75, 3.05) is 12.3 Å². The first-order valence-electron chi connectivity index (χ1n) is 6.87. The molecule has 1 heterocycles. The molecule has 0 fully saturated rings. The quantitative estimate of drug-likeness (QED) is 0.887. The van der Waals surface area contributed by atoms with E-state index in [9.17, 15) is 9.18 Å². The van der Waals surface area contributed by atoms with Crippen LogP contribution in [-0.4, -0.2) is 17.4 Å². The van der Waals surface area contributed by atoms with Crippen LogP contribution in [0, 0.1) is 5.82 Å². The first-order chi connectivity index (χ1) is 10.1. The minimum absolute atomic E-state index is 0.199. The van der Waals surface area contributed by atoms with Gasteiger partial charge in [-0.3, -0.25) is 4.79 Å². The van der Waals surface area contributed by atoms with E-state index in [4.69, 9.17) is 5.73 Å². The molecule has 0 spiro atoms. The van der Waals surface area contributed by atoms with Crippen LogP contribution in [-0.2, 0) is 12.8 Å². The lowest BCUT2D eigenvalue weighted by Gasteiger charge is -2.07. The Kier molecular flexibility index (Phi) is 4.87. The average Bonchev–Trinajstić information content (AvgIpc) is 2.46. The molecule has 0 saturated heterocycles. The zero-order valence-electron chi connectivity index (χ0n) is 11.9. The van der Waals surface area contributed by atoms with Crippen LogP contribution in [0.1, 0.15) is 28.5 Å². The van der Waals surface area contributed by atoms with Crippen molar-refractivity contribution in [3.8, 4) is 0 Å². The van der Waals surface area contributed by atoms with Gasteiger partial charge in [0.1, 0.15) is 11.6 Å². The first-order valence-corrected chi connectivity index (χ1v) is 6.87. The Morgan fingerprint density at radius 1 is 1.33 bits per heavy atom. The normalized spacial score (nSPS) is 10.4. The maximum absolute atomic E-state index is 13.0. The molecule has 2 aromatic rings. The van der Waals surface area contributed by atoms with Gasteiger partial charge >= 0.3 is 0 Å². The summed E-state index contributed by atoms with van der Waals surface area (Å²) in [5.74, 6) is -0.131. The van der Waals surface area contributed by atoms with E-state index in [-0.39, 0.29) is 11.7 Å². The summed E-state index contributed by atoms with van der Waals surface area (Å²) in [4.78, 5) is 16.2. The Bertz CT molecular complexity index is 643. The molecule has 3 N–H and O–H groups in total. The van der Waals surface area contributed by atoms with Crippen molar-refractivity contribution < 1.29 is 9.18 Å². The molecular weight excluding hydrogens is 269 g/mol. The van der Waals surface area contributed by atoms with Gasteiger partial charge in [-0.1, -0.05) is 19.1 Å². The summed E-state index contributed by atoms with van der Waals surface area (Å²) < 4.78 is 13.0. The molecule has 0 radical (unpaired) electrons. The van der Waals surface area contributed by atoms with E-state index in [2.05, 4.69) is 10.3 Å². The third kappa shape index (κ3) is 4.27. The lowest BCUT2D eigenvalue weighted by molar-refractivity contribution is 0.0954. The Morgan fingerprint density at radius 2 is 2.14 bits per heavy atom. The molecule has 0 aliphatic rings. The zero-order chi connectivity index (χ0) is 15.2. The fourth-order valence-electron chi connectivity index (χ4n) is 2.04. The van der Waals surface area contributed by atoms with Crippen LogP contribution in [0.15, 0.2) is 36.4 Å². The molecule has 0 saturated carbocycles. The number of pyridine rings is 1. The Balaban J connectivity index is 1.94. The van der Waals surface area contributed by atoms with Crippen LogP contribution in [0.2, 0.25) is 0 Å². The van der Waals surface area contributed by atoms with Gasteiger partial charge in [-0.25, -0.2) is 9.37 Å². The molecule has 0 bridgehead atoms. The molecule has 1 amide bonds. The van der Waals surface area contributed by atoms with Crippen molar-refractivity contribution in [2.24, 2.45) is 0 Å². The number of nitrogens with two attached hydrogens (primary N) is 1. The predicted molar refractivity (Wildman–Crippen MR) is 80.5 cm³/mol. The number of anilines is 1. The summed E-state index contributed by atoms with van der Waals surface area (Å²) in [6, 6.07) is 9.63. The molecule has 1 aromatic heterocycles. The highest BCUT2D eigenvalue weighted by molar-refractivity contribution is 5.94. The molecule has 0 atom stereocenters. The largest absolute Gasteiger partial charge is 0.384 e. The molecule has 110 valence electrons. The third-order valence-corrected chi connectivity index (χ3v) is 3.11. The molecule has 0 aliphatic heterocycles. The third-order valence-electron chi connectivity index (χ3n) is 3.11. The number of nitrogen functional groups attached to an aromatic ring is 1. The van der Waals surface area contributed by atoms with E-state index in [1.165, 1.54) is 12.1 Å². The van der Waals surface area contributed by atoms with Crippen molar-refractivity contribution in [3.63, 3.8) is 0 Å². The smallest absolute Gasteiger partial charge is 0.251 e. The molecule has 1 aromatic carbocycles. The molecular formula is C16H18FN3O. The number of carbonyl (C=O) groups is 1. The highest BCUT2D eigenvalue weighted by atomic mass is 19.1. The van der Waals surface area contributed by atoms with Gasteiger partial charge < -0.3 is 11.1 Å². The van der Waals surface area contributed by atoms with Crippen molar-refractivity contribution in [1.82, 2.24) is 10.3 Å². The standard InChI is InChI=1S/C16H18FN3O/c1-2-14-9-12(10-15(18)20-14)16(21)19-7-6-11-4-3-5-13(17)8-11/h3-5,8-10H,2,6-7H2,1H3,(H2,18,20)(H,19,21). The monoisotopic (exact) mass is 287 g/mol. The lowest BCUT2D eigenvalue weighted by Crippen LogP contribution is -2.26. The molecule has 0 unspecified atom stereocenters. The second-order valence-electron chi connectivity index (χ2n) is 4.76. The number of aryl methyl sites for hydroxylation is 1. The predicted octanol–water partition coefficient (Wildman–Crippen LogP) is 2.34. The van der Waals surface area contributed by atoms with E-state index >= 15 is 0 Å². The number of aromatic nitrogens is 1. The number of carbonyl (C=O) groups excluding carboxylic acids is 1. The van der Waals surface area contributed by atoms with Gasteiger partial charge in [-0.15, -0.1) is 0 Å². The number of hydrogen-bond donors (Lipinski definition) is 2. The summed E-state index contributed by atoms with van der Waals surface area (Å²) in [6.45, 7) is 2.39. The van der Waals surface area contributed by atoms with Crippen molar-refractivity contribution in [3.05, 3.63) is 59.0 Å². The van der Waals surface area contributed by atoms with Crippen molar-refractivity contribution in [1.29, 1.82) is 0 Å². The van der Waals surface area contributed by atoms with Crippen LogP contribution in [0.25, 0.3) is 0 Å². The minimum atomic E-state index is -0.270. The summed E-state index contributed by atoms with van der Waals surface area (Å²) in [7, 11) is 0. The molecule has 0 aliphatic carbocycles. The fourth-order valence-corrected chi connectivity index (χ4v) is 2.04. The number of amides is 1. The van der Waals surface area contributed by atoms with Crippen LogP contribution >= 0.6 is 0 Å². The van der Waals surface area contributed by atoms with E-state index in [1.54, 1.807) is 18.2 Å². The molecule has 5 heteroatoms. The van der Waals surface area contributed by atoms with Gasteiger partial charge in [-0.2, -0.15) is 0 Å². The number of halogens is 1. The topological polar surface area (TPSA) is 68.0 Å². The SMILES string of the molecule is CCc1cc(C(=O)NCCc2cccc(F)c2)cc(N)n1. The van der Waals surface area contributed by atoms with Gasteiger partial charge in [0.2, 0.25) is 0 Å². The first kappa shape index (κ1) is 15.0. The highest BCUT2D eigenvalue weighted by Crippen LogP contribution is 2.09. The van der Waals surface area contributed by atoms with Crippen LogP contribution < -0.4 is 11.1 Å². The fraction of sp³-hybridized carbons (Fsp3) is 0.250. The van der Waals surface area contributed by atoms with Gasteiger partial charge in [-0.05, 0) is 42.7 Å². The summed E-state index contributed by atoms with van der Waals surface area (Å²) >= 11 is 0. The zero-order valence-corrected chi connectivity index (χ0v) is 11.9. The Hall–Kier alpha value is -2.43. The van der Waals surface area contributed by atoms with Gasteiger partial charge in [0.15, 0.2) is 0 Å². The van der Waals surface area contributed by atoms with E-state index in [0.717, 1.165) is 11.3 Å². The van der Waals surface area contributed by atoms with Crippen molar-refractivity contribution in [2.45, 2.75) is 19.8 Å². The van der Waals surface area contributed by atoms with E-state index in [0.29, 0.717) is 30.8 Å². The van der Waals surface area contributed by atoms with Crippen molar-refractivity contribution >= 4 is 11.7 Å². The van der Waals surface area contributed by atoms with E-state index < -0.39 is 0 Å². The second-order valence-corrected chi connectivity index (χ2v) is 4.76. The maximum atomic E-state index is 13.0. The average molecular weight is 287 g/mol.